The molecule has 1 fully saturated rings. The van der Waals surface area contributed by atoms with Gasteiger partial charge in [0.05, 0.1) is 24.2 Å². The van der Waals surface area contributed by atoms with E-state index in [1.54, 1.807) is 0 Å². The van der Waals surface area contributed by atoms with Crippen LogP contribution in [0.4, 0.5) is 11.6 Å². The number of ether oxygens (including phenoxy) is 1. The maximum absolute atomic E-state index is 12.9. The Kier molecular flexibility index (Phi) is 6.58. The number of benzene rings is 2. The lowest BCUT2D eigenvalue weighted by Gasteiger charge is -2.28. The molecule has 7 nitrogen and oxygen atoms in total. The van der Waals surface area contributed by atoms with Gasteiger partial charge in [0.15, 0.2) is 5.16 Å². The molecule has 1 unspecified atom stereocenters. The van der Waals surface area contributed by atoms with Gasteiger partial charge in [0.2, 0.25) is 11.9 Å². The summed E-state index contributed by atoms with van der Waals surface area (Å²) in [6, 6.07) is 15.9. The number of rotatable bonds is 6. The molecule has 0 bridgehead atoms. The molecule has 1 amide bonds. The van der Waals surface area contributed by atoms with Crippen molar-refractivity contribution in [3.63, 3.8) is 0 Å². The van der Waals surface area contributed by atoms with Gasteiger partial charge in [0.25, 0.3) is 0 Å². The van der Waals surface area contributed by atoms with Crippen LogP contribution in [0.5, 0.6) is 0 Å². The van der Waals surface area contributed by atoms with E-state index in [9.17, 15) is 4.79 Å². The number of hydrogen-bond acceptors (Lipinski definition) is 6. The Labute approximate surface area is 186 Å². The fourth-order valence-electron chi connectivity index (χ4n) is 3.49. The SMILES string of the molecule is Cc1ccccc1NC(=O)C(C)Sc1nnc(N2CCOCC2)n1-c1ccccc1C. The first kappa shape index (κ1) is 21.4. The van der Waals surface area contributed by atoms with E-state index in [2.05, 4.69) is 44.0 Å². The number of aryl methyl sites for hydroxylation is 2. The lowest BCUT2D eigenvalue weighted by atomic mass is 10.2. The van der Waals surface area contributed by atoms with Crippen LogP contribution in [0.1, 0.15) is 18.1 Å². The van der Waals surface area contributed by atoms with E-state index in [4.69, 9.17) is 4.74 Å². The van der Waals surface area contributed by atoms with Crippen LogP contribution in [-0.2, 0) is 9.53 Å². The summed E-state index contributed by atoms with van der Waals surface area (Å²) in [5, 5.41) is 12.3. The minimum absolute atomic E-state index is 0.0634. The number of thioether (sulfide) groups is 1. The third-order valence-corrected chi connectivity index (χ3v) is 6.36. The highest BCUT2D eigenvalue weighted by Crippen LogP contribution is 2.31. The first-order chi connectivity index (χ1) is 15.0. The summed E-state index contributed by atoms with van der Waals surface area (Å²) in [5.74, 6) is 0.721. The number of carbonyl (C=O) groups excluding carboxylic acids is 1. The predicted octanol–water partition coefficient (Wildman–Crippen LogP) is 3.84. The molecular weight excluding hydrogens is 410 g/mol. The molecule has 0 spiro atoms. The van der Waals surface area contributed by atoms with Gasteiger partial charge in [-0.05, 0) is 44.0 Å². The van der Waals surface area contributed by atoms with Gasteiger partial charge in [0, 0.05) is 18.8 Å². The molecular formula is C23H27N5O2S. The third kappa shape index (κ3) is 4.75. The summed E-state index contributed by atoms with van der Waals surface area (Å²) >= 11 is 1.41. The second-order valence-electron chi connectivity index (χ2n) is 7.57. The second-order valence-corrected chi connectivity index (χ2v) is 8.88. The fraction of sp³-hybridized carbons (Fsp3) is 0.348. The molecule has 31 heavy (non-hydrogen) atoms. The molecule has 4 rings (SSSR count). The Balaban J connectivity index is 1.62. The Morgan fingerprint density at radius 3 is 2.42 bits per heavy atom. The van der Waals surface area contributed by atoms with E-state index in [0.29, 0.717) is 18.4 Å². The summed E-state index contributed by atoms with van der Waals surface area (Å²) in [4.78, 5) is 15.1. The molecule has 2 heterocycles. The molecule has 1 aliphatic rings. The Hall–Kier alpha value is -2.84. The van der Waals surface area contributed by atoms with Crippen LogP contribution < -0.4 is 10.2 Å². The Morgan fingerprint density at radius 2 is 1.71 bits per heavy atom. The van der Waals surface area contributed by atoms with Gasteiger partial charge in [-0.3, -0.25) is 9.36 Å². The highest BCUT2D eigenvalue weighted by Gasteiger charge is 2.25. The number of nitrogens with zero attached hydrogens (tertiary/aromatic N) is 4. The zero-order valence-corrected chi connectivity index (χ0v) is 18.9. The van der Waals surface area contributed by atoms with Crippen LogP contribution in [0.3, 0.4) is 0 Å². The quantitative estimate of drug-likeness (QED) is 0.591. The molecule has 0 aliphatic carbocycles. The molecule has 3 aromatic rings. The van der Waals surface area contributed by atoms with Crippen molar-refractivity contribution in [2.75, 3.05) is 36.5 Å². The molecule has 1 atom stereocenters. The van der Waals surface area contributed by atoms with Gasteiger partial charge in [-0.25, -0.2) is 0 Å². The molecule has 1 N–H and O–H groups in total. The van der Waals surface area contributed by atoms with Crippen molar-refractivity contribution < 1.29 is 9.53 Å². The number of aromatic nitrogens is 3. The molecule has 1 saturated heterocycles. The molecule has 0 saturated carbocycles. The Bertz CT molecular complexity index is 1060. The van der Waals surface area contributed by atoms with E-state index >= 15 is 0 Å². The standard InChI is InChI=1S/C23H27N5O2S/c1-16-8-4-6-10-19(16)24-21(29)18(3)31-23-26-25-22(27-12-14-30-15-13-27)28(23)20-11-7-5-9-17(20)2/h4-11,18H,12-15H2,1-3H3,(H,24,29). The largest absolute Gasteiger partial charge is 0.378 e. The predicted molar refractivity (Wildman–Crippen MR) is 124 cm³/mol. The Morgan fingerprint density at radius 1 is 1.03 bits per heavy atom. The number of carbonyl (C=O) groups is 1. The summed E-state index contributed by atoms with van der Waals surface area (Å²) in [7, 11) is 0. The number of nitrogens with one attached hydrogen (secondary N) is 1. The van der Waals surface area contributed by atoms with E-state index in [1.165, 1.54) is 11.8 Å². The zero-order chi connectivity index (χ0) is 21.8. The second kappa shape index (κ2) is 9.53. The minimum atomic E-state index is -0.343. The summed E-state index contributed by atoms with van der Waals surface area (Å²) in [5.41, 5.74) is 4.00. The van der Waals surface area contributed by atoms with Gasteiger partial charge < -0.3 is 15.0 Å². The molecule has 8 heteroatoms. The topological polar surface area (TPSA) is 72.3 Å². The van der Waals surface area contributed by atoms with Crippen LogP contribution in [0.2, 0.25) is 0 Å². The van der Waals surface area contributed by atoms with Gasteiger partial charge in [-0.1, -0.05) is 48.2 Å². The summed E-state index contributed by atoms with van der Waals surface area (Å²) in [6.07, 6.45) is 0. The van der Waals surface area contributed by atoms with Crippen molar-refractivity contribution in [3.8, 4) is 5.69 Å². The third-order valence-electron chi connectivity index (χ3n) is 5.32. The van der Waals surface area contributed by atoms with Crippen LogP contribution >= 0.6 is 11.8 Å². The van der Waals surface area contributed by atoms with E-state index in [0.717, 1.165) is 41.5 Å². The van der Waals surface area contributed by atoms with Crippen molar-refractivity contribution in [1.29, 1.82) is 0 Å². The smallest absolute Gasteiger partial charge is 0.237 e. The van der Waals surface area contributed by atoms with Crippen LogP contribution in [0.25, 0.3) is 5.69 Å². The maximum Gasteiger partial charge on any atom is 0.237 e. The summed E-state index contributed by atoms with van der Waals surface area (Å²) < 4.78 is 7.56. The number of amides is 1. The zero-order valence-electron chi connectivity index (χ0n) is 18.0. The van der Waals surface area contributed by atoms with Crippen LogP contribution in [-0.4, -0.2) is 52.2 Å². The molecule has 2 aromatic carbocycles. The van der Waals surface area contributed by atoms with Crippen molar-refractivity contribution in [1.82, 2.24) is 14.8 Å². The number of morpholine rings is 1. The monoisotopic (exact) mass is 437 g/mol. The van der Waals surface area contributed by atoms with Crippen molar-refractivity contribution in [2.24, 2.45) is 0 Å². The average molecular weight is 438 g/mol. The normalized spacial score (nSPS) is 15.0. The molecule has 1 aromatic heterocycles. The lowest BCUT2D eigenvalue weighted by molar-refractivity contribution is -0.115. The first-order valence-electron chi connectivity index (χ1n) is 10.4. The van der Waals surface area contributed by atoms with E-state index < -0.39 is 0 Å². The maximum atomic E-state index is 12.9. The van der Waals surface area contributed by atoms with Crippen molar-refractivity contribution in [3.05, 3.63) is 59.7 Å². The summed E-state index contributed by atoms with van der Waals surface area (Å²) in [6.45, 7) is 8.80. The van der Waals surface area contributed by atoms with Gasteiger partial charge in [0.1, 0.15) is 0 Å². The average Bonchev–Trinajstić information content (AvgIpc) is 3.19. The van der Waals surface area contributed by atoms with E-state index in [1.807, 2.05) is 50.2 Å². The van der Waals surface area contributed by atoms with E-state index in [-0.39, 0.29) is 11.2 Å². The molecule has 0 radical (unpaired) electrons. The lowest BCUT2D eigenvalue weighted by Crippen LogP contribution is -2.38. The van der Waals surface area contributed by atoms with Gasteiger partial charge in [-0.2, -0.15) is 0 Å². The molecule has 162 valence electrons. The highest BCUT2D eigenvalue weighted by atomic mass is 32.2. The fourth-order valence-corrected chi connectivity index (χ4v) is 4.35. The van der Waals surface area contributed by atoms with Gasteiger partial charge in [-0.15, -0.1) is 10.2 Å². The van der Waals surface area contributed by atoms with Crippen molar-refractivity contribution >= 4 is 29.3 Å². The minimum Gasteiger partial charge on any atom is -0.378 e. The number of hydrogen-bond donors (Lipinski definition) is 1. The number of para-hydroxylation sites is 2. The highest BCUT2D eigenvalue weighted by molar-refractivity contribution is 8.00. The van der Waals surface area contributed by atoms with Gasteiger partial charge >= 0.3 is 0 Å². The number of anilines is 2. The molecule has 1 aliphatic heterocycles. The van der Waals surface area contributed by atoms with Crippen LogP contribution in [0, 0.1) is 13.8 Å². The van der Waals surface area contributed by atoms with Crippen molar-refractivity contribution in [2.45, 2.75) is 31.2 Å². The van der Waals surface area contributed by atoms with Crippen LogP contribution in [0.15, 0.2) is 53.7 Å². The first-order valence-corrected chi connectivity index (χ1v) is 11.3.